The van der Waals surface area contributed by atoms with Crippen LogP contribution in [0.15, 0.2) is 48.5 Å². The number of hydrogen-bond donors (Lipinski definition) is 1. The lowest BCUT2D eigenvalue weighted by molar-refractivity contribution is 0.0724. The van der Waals surface area contributed by atoms with Gasteiger partial charge in [0.2, 0.25) is 0 Å². The maximum atomic E-state index is 13.3. The molecule has 0 aliphatic rings. The molecule has 0 aromatic heterocycles. The normalized spacial score (nSPS) is 12.0. The highest BCUT2D eigenvalue weighted by atomic mass is 19.1. The van der Waals surface area contributed by atoms with Crippen LogP contribution in [-0.4, -0.2) is 30.4 Å². The fourth-order valence-corrected chi connectivity index (χ4v) is 2.56. The third-order valence-electron chi connectivity index (χ3n) is 3.79. The number of carbonyl (C=O) groups excluding carboxylic acids is 1. The molecule has 0 spiro atoms. The van der Waals surface area contributed by atoms with E-state index in [9.17, 15) is 13.6 Å². The van der Waals surface area contributed by atoms with Crippen molar-refractivity contribution in [2.75, 3.05) is 13.6 Å². The molecule has 2 aromatic rings. The van der Waals surface area contributed by atoms with Gasteiger partial charge >= 0.3 is 0 Å². The number of rotatable bonds is 6. The number of likely N-dealkylation sites (N-methyl/N-ethyl adjacent to an activating group) is 1. The van der Waals surface area contributed by atoms with Gasteiger partial charge in [-0.25, -0.2) is 8.78 Å². The van der Waals surface area contributed by atoms with Gasteiger partial charge in [-0.05, 0) is 37.1 Å². The summed E-state index contributed by atoms with van der Waals surface area (Å²) in [6, 6.07) is 12.4. The monoisotopic (exact) mass is 318 g/mol. The topological polar surface area (TPSA) is 46.3 Å². The van der Waals surface area contributed by atoms with Crippen molar-refractivity contribution < 1.29 is 13.6 Å². The zero-order valence-corrected chi connectivity index (χ0v) is 13.0. The molecule has 1 amide bonds. The highest BCUT2D eigenvalue weighted by Gasteiger charge is 2.22. The van der Waals surface area contributed by atoms with Gasteiger partial charge in [0, 0.05) is 24.7 Å². The maximum Gasteiger partial charge on any atom is 0.254 e. The van der Waals surface area contributed by atoms with Gasteiger partial charge in [0.05, 0.1) is 0 Å². The molecule has 0 aliphatic carbocycles. The highest BCUT2D eigenvalue weighted by molar-refractivity contribution is 5.94. The Morgan fingerprint density at radius 3 is 2.30 bits per heavy atom. The van der Waals surface area contributed by atoms with E-state index in [0.29, 0.717) is 19.4 Å². The quantitative estimate of drug-likeness (QED) is 0.890. The molecule has 0 bridgehead atoms. The fourth-order valence-electron chi connectivity index (χ4n) is 2.56. The van der Waals surface area contributed by atoms with Crippen molar-refractivity contribution in [2.45, 2.75) is 18.9 Å². The van der Waals surface area contributed by atoms with Crippen LogP contribution in [0.5, 0.6) is 0 Å². The second-order valence-corrected chi connectivity index (χ2v) is 5.50. The lowest BCUT2D eigenvalue weighted by Gasteiger charge is -2.28. The molecule has 0 fully saturated rings. The molecular formula is C18H20F2N2O. The van der Waals surface area contributed by atoms with Gasteiger partial charge < -0.3 is 10.6 Å². The first-order valence-corrected chi connectivity index (χ1v) is 7.48. The first-order valence-electron chi connectivity index (χ1n) is 7.48. The largest absolute Gasteiger partial charge is 0.338 e. The first-order chi connectivity index (χ1) is 11.0. The summed E-state index contributed by atoms with van der Waals surface area (Å²) in [4.78, 5) is 14.0. The Kier molecular flexibility index (Phi) is 5.82. The van der Waals surface area contributed by atoms with Crippen molar-refractivity contribution >= 4 is 5.91 Å². The smallest absolute Gasteiger partial charge is 0.254 e. The molecule has 0 radical (unpaired) electrons. The van der Waals surface area contributed by atoms with E-state index in [2.05, 4.69) is 0 Å². The number of benzene rings is 2. The Morgan fingerprint density at radius 2 is 1.74 bits per heavy atom. The number of amides is 1. The van der Waals surface area contributed by atoms with Gasteiger partial charge in [0.25, 0.3) is 5.91 Å². The van der Waals surface area contributed by atoms with Crippen molar-refractivity contribution in [3.8, 4) is 0 Å². The van der Waals surface area contributed by atoms with E-state index >= 15 is 0 Å². The molecule has 0 saturated carbocycles. The standard InChI is InChI=1S/C18H20F2N2O/c1-22(18(23)14-10-15(19)12-16(20)11-14)17(7-8-21)9-13-5-3-2-4-6-13/h2-6,10-12,17H,7-9,21H2,1H3. The van der Waals surface area contributed by atoms with Crippen molar-refractivity contribution in [1.82, 2.24) is 4.90 Å². The number of hydrogen-bond acceptors (Lipinski definition) is 2. The third kappa shape index (κ3) is 4.60. The van der Waals surface area contributed by atoms with Crippen LogP contribution >= 0.6 is 0 Å². The van der Waals surface area contributed by atoms with Crippen molar-refractivity contribution in [3.63, 3.8) is 0 Å². The summed E-state index contributed by atoms with van der Waals surface area (Å²) >= 11 is 0. The van der Waals surface area contributed by atoms with E-state index in [1.54, 1.807) is 7.05 Å². The maximum absolute atomic E-state index is 13.3. The van der Waals surface area contributed by atoms with Crippen LogP contribution < -0.4 is 5.73 Å². The molecule has 2 rings (SSSR count). The summed E-state index contributed by atoms with van der Waals surface area (Å²) in [6.45, 7) is 0.423. The minimum Gasteiger partial charge on any atom is -0.338 e. The first kappa shape index (κ1) is 17.1. The molecule has 0 heterocycles. The molecule has 0 saturated heterocycles. The average molecular weight is 318 g/mol. The Labute approximate surface area is 134 Å². The molecule has 2 aromatic carbocycles. The van der Waals surface area contributed by atoms with Gasteiger partial charge in [-0.15, -0.1) is 0 Å². The minimum absolute atomic E-state index is 0.0000770. The number of halogens is 2. The van der Waals surface area contributed by atoms with E-state index in [0.717, 1.165) is 23.8 Å². The molecular weight excluding hydrogens is 298 g/mol. The van der Waals surface area contributed by atoms with Gasteiger partial charge in [-0.2, -0.15) is 0 Å². The zero-order valence-electron chi connectivity index (χ0n) is 13.0. The summed E-state index contributed by atoms with van der Waals surface area (Å²) in [5, 5.41) is 0. The molecule has 1 unspecified atom stereocenters. The number of nitrogens with two attached hydrogens (primary N) is 1. The van der Waals surface area contributed by atoms with Gasteiger partial charge in [0.1, 0.15) is 11.6 Å². The van der Waals surface area contributed by atoms with E-state index in [1.807, 2.05) is 30.3 Å². The molecule has 1 atom stereocenters. The summed E-state index contributed by atoms with van der Waals surface area (Å²) in [6.07, 6.45) is 1.24. The summed E-state index contributed by atoms with van der Waals surface area (Å²) < 4.78 is 26.6. The Bertz CT molecular complexity index is 641. The van der Waals surface area contributed by atoms with Crippen molar-refractivity contribution in [2.24, 2.45) is 5.73 Å². The zero-order chi connectivity index (χ0) is 16.8. The minimum atomic E-state index is -0.764. The number of nitrogens with zero attached hydrogens (tertiary/aromatic N) is 1. The van der Waals surface area contributed by atoms with Gasteiger partial charge in [-0.3, -0.25) is 4.79 Å². The lowest BCUT2D eigenvalue weighted by atomic mass is 10.0. The third-order valence-corrected chi connectivity index (χ3v) is 3.79. The SMILES string of the molecule is CN(C(=O)c1cc(F)cc(F)c1)C(CCN)Cc1ccccc1. The molecule has 3 nitrogen and oxygen atoms in total. The average Bonchev–Trinajstić information content (AvgIpc) is 2.53. The van der Waals surface area contributed by atoms with Crippen LogP contribution in [0.2, 0.25) is 0 Å². The van der Waals surface area contributed by atoms with E-state index in [1.165, 1.54) is 4.90 Å². The Morgan fingerprint density at radius 1 is 1.13 bits per heavy atom. The predicted octanol–water partition coefficient (Wildman–Crippen LogP) is 3.00. The second kappa shape index (κ2) is 7.83. The van der Waals surface area contributed by atoms with E-state index in [4.69, 9.17) is 5.73 Å². The van der Waals surface area contributed by atoms with Crippen LogP contribution in [0.3, 0.4) is 0 Å². The second-order valence-electron chi connectivity index (χ2n) is 5.50. The van der Waals surface area contributed by atoms with E-state index in [-0.39, 0.29) is 11.6 Å². The van der Waals surface area contributed by atoms with Gasteiger partial charge in [0.15, 0.2) is 0 Å². The van der Waals surface area contributed by atoms with Crippen LogP contribution in [0.1, 0.15) is 22.3 Å². The molecule has 2 N–H and O–H groups in total. The van der Waals surface area contributed by atoms with Crippen LogP contribution in [0.4, 0.5) is 8.78 Å². The Balaban J connectivity index is 2.19. The van der Waals surface area contributed by atoms with Gasteiger partial charge in [-0.1, -0.05) is 30.3 Å². The van der Waals surface area contributed by atoms with Crippen LogP contribution in [-0.2, 0) is 6.42 Å². The summed E-state index contributed by atoms with van der Waals surface area (Å²) in [7, 11) is 1.63. The molecule has 0 aliphatic heterocycles. The van der Waals surface area contributed by atoms with Crippen molar-refractivity contribution in [1.29, 1.82) is 0 Å². The molecule has 23 heavy (non-hydrogen) atoms. The summed E-state index contributed by atoms with van der Waals surface area (Å²) in [5.41, 5.74) is 6.73. The van der Waals surface area contributed by atoms with Crippen LogP contribution in [0, 0.1) is 11.6 Å². The van der Waals surface area contributed by atoms with Crippen LogP contribution in [0.25, 0.3) is 0 Å². The van der Waals surface area contributed by atoms with Crippen molar-refractivity contribution in [3.05, 3.63) is 71.3 Å². The lowest BCUT2D eigenvalue weighted by Crippen LogP contribution is -2.40. The van der Waals surface area contributed by atoms with E-state index < -0.39 is 17.5 Å². The number of carbonyl (C=O) groups is 1. The highest BCUT2D eigenvalue weighted by Crippen LogP contribution is 2.16. The molecule has 5 heteroatoms. The fraction of sp³-hybridized carbons (Fsp3) is 0.278. The summed E-state index contributed by atoms with van der Waals surface area (Å²) in [5.74, 6) is -1.95. The molecule has 122 valence electrons. The Hall–Kier alpha value is -2.27. The predicted molar refractivity (Wildman–Crippen MR) is 86.1 cm³/mol.